The number of carbonyl (C=O) groups excluding carboxylic acids is 1. The molecule has 6 nitrogen and oxygen atoms in total. The molecule has 0 radical (unpaired) electrons. The van der Waals surface area contributed by atoms with Gasteiger partial charge in [0.1, 0.15) is 5.65 Å². The van der Waals surface area contributed by atoms with Crippen molar-refractivity contribution in [2.45, 2.75) is 44.2 Å². The molecule has 1 atom stereocenters. The summed E-state index contributed by atoms with van der Waals surface area (Å²) in [5, 5.41) is 5.94. The van der Waals surface area contributed by atoms with E-state index in [1.165, 1.54) is 38.6 Å². The van der Waals surface area contributed by atoms with E-state index < -0.39 is 0 Å². The molecule has 4 rings (SSSR count). The van der Waals surface area contributed by atoms with E-state index in [0.29, 0.717) is 6.04 Å². The fraction of sp³-hybridized carbons (Fsp3) is 0.529. The zero-order chi connectivity index (χ0) is 15.6. The Labute approximate surface area is 135 Å². The first kappa shape index (κ1) is 14.5. The number of nitrogens with zero attached hydrogens (tertiary/aromatic N) is 3. The van der Waals surface area contributed by atoms with E-state index in [1.807, 2.05) is 28.9 Å². The number of rotatable bonds is 4. The maximum Gasteiger partial charge on any atom is 0.319 e. The van der Waals surface area contributed by atoms with Crippen molar-refractivity contribution in [1.29, 1.82) is 0 Å². The van der Waals surface area contributed by atoms with Gasteiger partial charge < -0.3 is 15.0 Å². The molecule has 1 saturated heterocycles. The van der Waals surface area contributed by atoms with Gasteiger partial charge in [0, 0.05) is 37.2 Å². The number of imidazole rings is 1. The second kappa shape index (κ2) is 6.20. The van der Waals surface area contributed by atoms with E-state index in [0.717, 1.165) is 23.9 Å². The first-order valence-corrected chi connectivity index (χ1v) is 8.53. The number of likely N-dealkylation sites (tertiary alicyclic amines) is 1. The molecule has 2 N–H and O–H groups in total. The van der Waals surface area contributed by atoms with Gasteiger partial charge in [-0.2, -0.15) is 0 Å². The lowest BCUT2D eigenvalue weighted by molar-refractivity contribution is 0.138. The minimum Gasteiger partial charge on any atom is -0.336 e. The van der Waals surface area contributed by atoms with Gasteiger partial charge in [-0.05, 0) is 44.4 Å². The number of fused-ring (bicyclic) bond motifs is 1. The lowest BCUT2D eigenvalue weighted by atomic mass is 10.0. The highest BCUT2D eigenvalue weighted by molar-refractivity contribution is 5.89. The number of anilines is 1. The van der Waals surface area contributed by atoms with Gasteiger partial charge in [0.2, 0.25) is 0 Å². The van der Waals surface area contributed by atoms with Gasteiger partial charge in [0.05, 0.1) is 5.69 Å². The zero-order valence-corrected chi connectivity index (χ0v) is 13.2. The third-order valence-corrected chi connectivity index (χ3v) is 4.83. The van der Waals surface area contributed by atoms with Crippen LogP contribution < -0.4 is 10.6 Å². The number of hydrogen-bond donors (Lipinski definition) is 2. The average Bonchev–Trinajstić information content (AvgIpc) is 3.31. The second-order valence-electron chi connectivity index (χ2n) is 6.56. The Kier molecular flexibility index (Phi) is 3.91. The Morgan fingerprint density at radius 3 is 3.04 bits per heavy atom. The Balaban J connectivity index is 1.32. The Bertz CT molecular complexity index is 693. The van der Waals surface area contributed by atoms with E-state index in [-0.39, 0.29) is 6.03 Å². The van der Waals surface area contributed by atoms with Gasteiger partial charge in [0.25, 0.3) is 0 Å². The number of amides is 2. The van der Waals surface area contributed by atoms with Crippen LogP contribution in [-0.4, -0.2) is 45.5 Å². The van der Waals surface area contributed by atoms with Crippen molar-refractivity contribution in [3.63, 3.8) is 0 Å². The van der Waals surface area contributed by atoms with Crippen molar-refractivity contribution in [3.05, 3.63) is 30.7 Å². The molecule has 3 heterocycles. The monoisotopic (exact) mass is 313 g/mol. The average molecular weight is 313 g/mol. The fourth-order valence-corrected chi connectivity index (χ4v) is 3.51. The van der Waals surface area contributed by atoms with Crippen molar-refractivity contribution in [2.75, 3.05) is 18.4 Å². The molecule has 2 aromatic rings. The van der Waals surface area contributed by atoms with Crippen LogP contribution in [0.5, 0.6) is 0 Å². The fourth-order valence-electron chi connectivity index (χ4n) is 3.51. The molecule has 2 amide bonds. The zero-order valence-electron chi connectivity index (χ0n) is 13.2. The topological polar surface area (TPSA) is 61.7 Å². The summed E-state index contributed by atoms with van der Waals surface area (Å²) in [7, 11) is 0. The number of pyridine rings is 1. The van der Waals surface area contributed by atoms with Crippen LogP contribution >= 0.6 is 0 Å². The van der Waals surface area contributed by atoms with Crippen LogP contribution in [0.2, 0.25) is 0 Å². The smallest absolute Gasteiger partial charge is 0.319 e. The van der Waals surface area contributed by atoms with Crippen LogP contribution in [0, 0.1) is 0 Å². The van der Waals surface area contributed by atoms with Crippen molar-refractivity contribution in [2.24, 2.45) is 0 Å². The molecule has 122 valence electrons. The van der Waals surface area contributed by atoms with E-state index in [1.54, 1.807) is 6.20 Å². The summed E-state index contributed by atoms with van der Waals surface area (Å²) >= 11 is 0. The highest BCUT2D eigenvalue weighted by Gasteiger charge is 2.35. The number of urea groups is 1. The third kappa shape index (κ3) is 3.32. The van der Waals surface area contributed by atoms with Gasteiger partial charge in [0.15, 0.2) is 0 Å². The molecule has 23 heavy (non-hydrogen) atoms. The molecule has 0 bridgehead atoms. The Hall–Kier alpha value is -2.08. The molecule has 0 spiro atoms. The Morgan fingerprint density at radius 1 is 1.26 bits per heavy atom. The summed E-state index contributed by atoms with van der Waals surface area (Å²) in [5.41, 5.74) is 1.65. The van der Waals surface area contributed by atoms with Gasteiger partial charge in [-0.3, -0.25) is 4.90 Å². The van der Waals surface area contributed by atoms with E-state index >= 15 is 0 Å². The van der Waals surface area contributed by atoms with E-state index in [4.69, 9.17) is 0 Å². The van der Waals surface area contributed by atoms with Crippen LogP contribution in [0.3, 0.4) is 0 Å². The van der Waals surface area contributed by atoms with Crippen molar-refractivity contribution >= 4 is 17.4 Å². The maximum atomic E-state index is 12.2. The van der Waals surface area contributed by atoms with Crippen molar-refractivity contribution < 1.29 is 4.79 Å². The largest absolute Gasteiger partial charge is 0.336 e. The predicted octanol–water partition coefficient (Wildman–Crippen LogP) is 2.47. The number of aromatic nitrogens is 2. The second-order valence-corrected chi connectivity index (χ2v) is 6.56. The van der Waals surface area contributed by atoms with Gasteiger partial charge in [-0.25, -0.2) is 9.78 Å². The highest BCUT2D eigenvalue weighted by Crippen LogP contribution is 2.32. The van der Waals surface area contributed by atoms with E-state index in [2.05, 4.69) is 20.5 Å². The van der Waals surface area contributed by atoms with Gasteiger partial charge in [-0.1, -0.05) is 6.42 Å². The molecular formula is C17H23N5O. The summed E-state index contributed by atoms with van der Waals surface area (Å²) in [4.78, 5) is 19.0. The minimum absolute atomic E-state index is 0.134. The van der Waals surface area contributed by atoms with E-state index in [9.17, 15) is 4.79 Å². The van der Waals surface area contributed by atoms with Crippen LogP contribution in [0.4, 0.5) is 10.5 Å². The quantitative estimate of drug-likeness (QED) is 0.911. The normalized spacial score (nSPS) is 22.2. The minimum atomic E-state index is -0.134. The standard InChI is InChI=1S/C17H23N5O/c23-17(20-13-4-7-16-18-8-10-21(16)12-13)19-11-15-3-1-2-9-22(15)14-5-6-14/h4,7-8,10,12,14-15H,1-3,5-6,9,11H2,(H2,19,20,23). The molecule has 0 aromatic carbocycles. The molecule has 1 unspecified atom stereocenters. The summed E-state index contributed by atoms with van der Waals surface area (Å²) < 4.78 is 1.89. The molecule has 1 aliphatic heterocycles. The molecule has 6 heteroatoms. The molecule has 1 saturated carbocycles. The predicted molar refractivity (Wildman–Crippen MR) is 89.6 cm³/mol. The molecule has 1 aliphatic carbocycles. The third-order valence-electron chi connectivity index (χ3n) is 4.83. The maximum absolute atomic E-state index is 12.2. The van der Waals surface area contributed by atoms with Crippen LogP contribution in [-0.2, 0) is 0 Å². The summed E-state index contributed by atoms with van der Waals surface area (Å²) in [5.74, 6) is 0. The van der Waals surface area contributed by atoms with Crippen molar-refractivity contribution in [1.82, 2.24) is 19.6 Å². The first-order chi connectivity index (χ1) is 11.3. The van der Waals surface area contributed by atoms with Gasteiger partial charge >= 0.3 is 6.03 Å². The Morgan fingerprint density at radius 2 is 2.17 bits per heavy atom. The van der Waals surface area contributed by atoms with Gasteiger partial charge in [-0.15, -0.1) is 0 Å². The first-order valence-electron chi connectivity index (χ1n) is 8.53. The molecule has 2 fully saturated rings. The highest BCUT2D eigenvalue weighted by atomic mass is 16.2. The number of carbonyl (C=O) groups is 1. The summed E-state index contributed by atoms with van der Waals surface area (Å²) in [6, 6.07) is 4.91. The number of piperidine rings is 1. The molecule has 2 aliphatic rings. The molecular weight excluding hydrogens is 290 g/mol. The van der Waals surface area contributed by atoms with Crippen LogP contribution in [0.1, 0.15) is 32.1 Å². The number of hydrogen-bond acceptors (Lipinski definition) is 3. The van der Waals surface area contributed by atoms with Crippen LogP contribution in [0.15, 0.2) is 30.7 Å². The summed E-state index contributed by atoms with van der Waals surface area (Å²) in [6.07, 6.45) is 11.9. The lowest BCUT2D eigenvalue weighted by Gasteiger charge is -2.36. The molecule has 2 aromatic heterocycles. The van der Waals surface area contributed by atoms with Crippen LogP contribution in [0.25, 0.3) is 5.65 Å². The lowest BCUT2D eigenvalue weighted by Crippen LogP contribution is -2.48. The summed E-state index contributed by atoms with van der Waals surface area (Å²) in [6.45, 7) is 1.92. The van der Waals surface area contributed by atoms with Crippen molar-refractivity contribution in [3.8, 4) is 0 Å². The number of nitrogens with one attached hydrogen (secondary N) is 2. The SMILES string of the molecule is O=C(NCC1CCCCN1C1CC1)Nc1ccc2nccn2c1.